The van der Waals surface area contributed by atoms with Crippen molar-refractivity contribution in [3.05, 3.63) is 57.5 Å². The van der Waals surface area contributed by atoms with Crippen molar-refractivity contribution in [1.82, 2.24) is 9.80 Å². The van der Waals surface area contributed by atoms with Crippen molar-refractivity contribution in [3.8, 4) is 17.2 Å². The van der Waals surface area contributed by atoms with Gasteiger partial charge in [-0.05, 0) is 79.1 Å². The van der Waals surface area contributed by atoms with Crippen molar-refractivity contribution in [2.45, 2.75) is 19.3 Å². The van der Waals surface area contributed by atoms with Gasteiger partial charge in [0.25, 0.3) is 11.1 Å². The third-order valence-electron chi connectivity index (χ3n) is 5.95. The van der Waals surface area contributed by atoms with Gasteiger partial charge in [0.05, 0.1) is 29.7 Å². The van der Waals surface area contributed by atoms with Gasteiger partial charge in [-0.2, -0.15) is 0 Å². The molecule has 11 heteroatoms. The summed E-state index contributed by atoms with van der Waals surface area (Å²) in [6.07, 6.45) is 4.39. The second-order valence-electron chi connectivity index (χ2n) is 8.36. The van der Waals surface area contributed by atoms with Crippen LogP contribution in [0, 0.1) is 0 Å². The van der Waals surface area contributed by atoms with Gasteiger partial charge in [-0.3, -0.25) is 19.3 Å². The van der Waals surface area contributed by atoms with Gasteiger partial charge in [-0.1, -0.05) is 11.6 Å². The fourth-order valence-electron chi connectivity index (χ4n) is 3.97. The largest absolute Gasteiger partial charge is 0.497 e. The number of piperidine rings is 1. The molecule has 2 saturated heterocycles. The molecule has 194 valence electrons. The summed E-state index contributed by atoms with van der Waals surface area (Å²) in [6, 6.07) is 9.41. The standard InChI is InChI=1S/C26H25ClN2O7S/c1-34-18-8-6-17(7-9-18)25(32)36-23-19(27)12-16(13-20(23)35-2)14-21-24(31)29(26(33)37-21)15-22(30)28-10-4-3-5-11-28/h6-9,12-14H,3-5,10-11,15H2,1-2H3/b21-14-. The summed E-state index contributed by atoms with van der Waals surface area (Å²) < 4.78 is 15.9. The zero-order chi connectivity index (χ0) is 26.5. The molecule has 0 spiro atoms. The summed E-state index contributed by atoms with van der Waals surface area (Å²) in [6.45, 7) is 0.990. The van der Waals surface area contributed by atoms with Crippen LogP contribution in [0.2, 0.25) is 5.02 Å². The molecule has 3 amide bonds. The van der Waals surface area contributed by atoms with Gasteiger partial charge in [-0.25, -0.2) is 4.79 Å². The number of methoxy groups -OCH3 is 2. The minimum absolute atomic E-state index is 0.0161. The number of hydrogen-bond donors (Lipinski definition) is 0. The Labute approximate surface area is 223 Å². The molecule has 2 aromatic rings. The second-order valence-corrected chi connectivity index (χ2v) is 9.76. The first-order valence-electron chi connectivity index (χ1n) is 11.6. The van der Waals surface area contributed by atoms with Crippen molar-refractivity contribution in [2.75, 3.05) is 33.9 Å². The van der Waals surface area contributed by atoms with Gasteiger partial charge in [-0.15, -0.1) is 0 Å². The van der Waals surface area contributed by atoms with E-state index in [0.717, 1.165) is 35.9 Å². The maximum atomic E-state index is 12.9. The molecule has 2 aliphatic rings. The van der Waals surface area contributed by atoms with Crippen molar-refractivity contribution in [3.63, 3.8) is 0 Å². The number of imide groups is 1. The van der Waals surface area contributed by atoms with Crippen molar-refractivity contribution >= 4 is 52.5 Å². The average molecular weight is 545 g/mol. The third kappa shape index (κ3) is 6.08. The van der Waals surface area contributed by atoms with E-state index >= 15 is 0 Å². The molecule has 0 bridgehead atoms. The molecule has 4 rings (SSSR count). The lowest BCUT2D eigenvalue weighted by Crippen LogP contribution is -2.44. The van der Waals surface area contributed by atoms with E-state index in [2.05, 4.69) is 0 Å². The predicted octanol–water partition coefficient (Wildman–Crippen LogP) is 4.63. The summed E-state index contributed by atoms with van der Waals surface area (Å²) >= 11 is 7.15. The maximum Gasteiger partial charge on any atom is 0.343 e. The first kappa shape index (κ1) is 26.6. The van der Waals surface area contributed by atoms with Crippen LogP contribution < -0.4 is 14.2 Å². The number of carbonyl (C=O) groups is 4. The molecule has 0 aliphatic carbocycles. The van der Waals surface area contributed by atoms with E-state index in [0.29, 0.717) is 24.4 Å². The molecular weight excluding hydrogens is 520 g/mol. The number of carbonyl (C=O) groups excluding carboxylic acids is 4. The first-order valence-corrected chi connectivity index (χ1v) is 12.8. The SMILES string of the molecule is COc1ccc(C(=O)Oc2c(Cl)cc(/C=C3\SC(=O)N(CC(=O)N4CCCCC4)C3=O)cc2OC)cc1. The smallest absolute Gasteiger partial charge is 0.343 e. The van der Waals surface area contributed by atoms with Crippen molar-refractivity contribution in [1.29, 1.82) is 0 Å². The normalized spacial score (nSPS) is 16.8. The lowest BCUT2D eigenvalue weighted by atomic mass is 10.1. The van der Waals surface area contributed by atoms with Crippen LogP contribution in [-0.4, -0.2) is 66.7 Å². The summed E-state index contributed by atoms with van der Waals surface area (Å²) in [5.41, 5.74) is 0.745. The van der Waals surface area contributed by atoms with Gasteiger partial charge in [0.15, 0.2) is 11.5 Å². The zero-order valence-electron chi connectivity index (χ0n) is 20.3. The van der Waals surface area contributed by atoms with Crippen LogP contribution in [0.1, 0.15) is 35.2 Å². The predicted molar refractivity (Wildman–Crippen MR) is 139 cm³/mol. The molecule has 37 heavy (non-hydrogen) atoms. The topological polar surface area (TPSA) is 102 Å². The van der Waals surface area contributed by atoms with Crippen LogP contribution >= 0.6 is 23.4 Å². The number of hydrogen-bond acceptors (Lipinski definition) is 8. The summed E-state index contributed by atoms with van der Waals surface area (Å²) in [7, 11) is 2.91. The Bertz CT molecular complexity index is 1260. The quantitative estimate of drug-likeness (QED) is 0.282. The minimum Gasteiger partial charge on any atom is -0.497 e. The highest BCUT2D eigenvalue weighted by atomic mass is 35.5. The number of benzene rings is 2. The second kappa shape index (κ2) is 11.7. The fraction of sp³-hybridized carbons (Fsp3) is 0.308. The number of halogens is 1. The van der Waals surface area contributed by atoms with Crippen LogP contribution in [0.3, 0.4) is 0 Å². The zero-order valence-corrected chi connectivity index (χ0v) is 21.9. The van der Waals surface area contributed by atoms with Crippen LogP contribution in [0.25, 0.3) is 6.08 Å². The Hall–Kier alpha value is -3.50. The van der Waals surface area contributed by atoms with Crippen LogP contribution in [0.4, 0.5) is 4.79 Å². The number of esters is 1. The number of likely N-dealkylation sites (tertiary alicyclic amines) is 1. The molecule has 0 saturated carbocycles. The van der Waals surface area contributed by atoms with E-state index in [9.17, 15) is 19.2 Å². The molecule has 2 aromatic carbocycles. The Balaban J connectivity index is 1.50. The Kier molecular flexibility index (Phi) is 8.40. The Morgan fingerprint density at radius 1 is 1.03 bits per heavy atom. The number of ether oxygens (including phenoxy) is 3. The number of thioether (sulfide) groups is 1. The van der Waals surface area contributed by atoms with Gasteiger partial charge in [0.2, 0.25) is 5.91 Å². The highest BCUT2D eigenvalue weighted by Crippen LogP contribution is 2.39. The van der Waals surface area contributed by atoms with E-state index in [4.69, 9.17) is 25.8 Å². The first-order chi connectivity index (χ1) is 17.8. The average Bonchev–Trinajstić information content (AvgIpc) is 3.17. The maximum absolute atomic E-state index is 12.9. The van der Waals surface area contributed by atoms with Gasteiger partial charge < -0.3 is 19.1 Å². The molecule has 0 atom stereocenters. The van der Waals surface area contributed by atoms with E-state index in [1.165, 1.54) is 32.4 Å². The van der Waals surface area contributed by atoms with E-state index in [-0.39, 0.29) is 39.4 Å². The number of rotatable bonds is 7. The highest BCUT2D eigenvalue weighted by Gasteiger charge is 2.37. The Morgan fingerprint density at radius 3 is 2.38 bits per heavy atom. The van der Waals surface area contributed by atoms with E-state index in [1.54, 1.807) is 29.2 Å². The molecule has 2 aliphatic heterocycles. The molecule has 0 aromatic heterocycles. The molecule has 2 heterocycles. The summed E-state index contributed by atoms with van der Waals surface area (Å²) in [5.74, 6) is -0.657. The molecule has 2 fully saturated rings. The Morgan fingerprint density at radius 2 is 1.73 bits per heavy atom. The van der Waals surface area contributed by atoms with Gasteiger partial charge in [0.1, 0.15) is 12.3 Å². The molecular formula is C26H25ClN2O7S. The molecule has 0 unspecified atom stereocenters. The van der Waals surface area contributed by atoms with Crippen LogP contribution in [0.15, 0.2) is 41.3 Å². The molecule has 0 radical (unpaired) electrons. The number of nitrogens with zero attached hydrogens (tertiary/aromatic N) is 2. The minimum atomic E-state index is -0.643. The van der Waals surface area contributed by atoms with E-state index in [1.807, 2.05) is 0 Å². The summed E-state index contributed by atoms with van der Waals surface area (Å²) in [5, 5.41) is -0.434. The van der Waals surface area contributed by atoms with E-state index < -0.39 is 17.1 Å². The van der Waals surface area contributed by atoms with Crippen molar-refractivity contribution < 1.29 is 33.4 Å². The summed E-state index contributed by atoms with van der Waals surface area (Å²) in [4.78, 5) is 53.3. The monoisotopic (exact) mass is 544 g/mol. The molecule has 0 N–H and O–H groups in total. The van der Waals surface area contributed by atoms with Gasteiger partial charge in [0, 0.05) is 13.1 Å². The molecule has 9 nitrogen and oxygen atoms in total. The highest BCUT2D eigenvalue weighted by molar-refractivity contribution is 8.18. The lowest BCUT2D eigenvalue weighted by Gasteiger charge is -2.27. The van der Waals surface area contributed by atoms with Crippen molar-refractivity contribution in [2.24, 2.45) is 0 Å². The van der Waals surface area contributed by atoms with Gasteiger partial charge >= 0.3 is 5.97 Å². The number of amides is 3. The fourth-order valence-corrected chi connectivity index (χ4v) is 5.06. The van der Waals surface area contributed by atoms with Crippen LogP contribution in [-0.2, 0) is 9.59 Å². The lowest BCUT2D eigenvalue weighted by molar-refractivity contribution is -0.136. The van der Waals surface area contributed by atoms with Crippen LogP contribution in [0.5, 0.6) is 17.2 Å². The third-order valence-corrected chi connectivity index (χ3v) is 7.13.